The van der Waals surface area contributed by atoms with E-state index in [4.69, 9.17) is 0 Å². The lowest BCUT2D eigenvalue weighted by Crippen LogP contribution is -2.28. The van der Waals surface area contributed by atoms with Crippen LogP contribution in [0.1, 0.15) is 18.1 Å². The summed E-state index contributed by atoms with van der Waals surface area (Å²) in [5, 5.41) is 4.00. The minimum Gasteiger partial charge on any atom is -0.340 e. The van der Waals surface area contributed by atoms with Crippen molar-refractivity contribution >= 4 is 29.2 Å². The van der Waals surface area contributed by atoms with E-state index >= 15 is 0 Å². The lowest BCUT2D eigenvalue weighted by atomic mass is 10.2. The van der Waals surface area contributed by atoms with E-state index in [1.807, 2.05) is 60.9 Å². The molecule has 0 saturated heterocycles. The van der Waals surface area contributed by atoms with Crippen LogP contribution in [-0.4, -0.2) is 27.0 Å². The van der Waals surface area contributed by atoms with E-state index in [0.717, 1.165) is 16.8 Å². The van der Waals surface area contributed by atoms with Crippen LogP contribution in [0.3, 0.4) is 0 Å². The highest BCUT2D eigenvalue weighted by atomic mass is 32.2. The SMILES string of the molecule is CSc1ncc(CN(Cc2ccccc2)C(C)=O)c(Nc2c[c]ccc2)n1. The normalized spacial score (nSPS) is 10.4. The average molecular weight is 377 g/mol. The first-order valence-electron chi connectivity index (χ1n) is 8.58. The van der Waals surface area contributed by atoms with Gasteiger partial charge in [-0.1, -0.05) is 54.2 Å². The number of rotatable bonds is 7. The number of hydrogen-bond acceptors (Lipinski definition) is 5. The zero-order chi connectivity index (χ0) is 19.1. The van der Waals surface area contributed by atoms with Crippen molar-refractivity contribution in [2.45, 2.75) is 25.2 Å². The largest absolute Gasteiger partial charge is 0.340 e. The molecule has 1 amide bonds. The average Bonchev–Trinajstić information content (AvgIpc) is 2.70. The van der Waals surface area contributed by atoms with Crippen LogP contribution < -0.4 is 5.32 Å². The minimum absolute atomic E-state index is 0.00629. The lowest BCUT2D eigenvalue weighted by molar-refractivity contribution is -0.130. The molecular weight excluding hydrogens is 356 g/mol. The van der Waals surface area contributed by atoms with Gasteiger partial charge >= 0.3 is 0 Å². The van der Waals surface area contributed by atoms with Gasteiger partial charge in [-0.05, 0) is 30.0 Å². The van der Waals surface area contributed by atoms with E-state index in [-0.39, 0.29) is 5.91 Å². The zero-order valence-corrected chi connectivity index (χ0v) is 16.2. The second kappa shape index (κ2) is 9.19. The second-order valence-corrected chi connectivity index (χ2v) is 6.78. The van der Waals surface area contributed by atoms with Crippen molar-refractivity contribution < 1.29 is 4.79 Å². The molecule has 27 heavy (non-hydrogen) atoms. The molecule has 137 valence electrons. The number of carbonyl (C=O) groups excluding carboxylic acids is 1. The van der Waals surface area contributed by atoms with Gasteiger partial charge in [-0.3, -0.25) is 4.79 Å². The van der Waals surface area contributed by atoms with E-state index in [1.54, 1.807) is 18.0 Å². The van der Waals surface area contributed by atoms with Crippen LogP contribution in [0.4, 0.5) is 11.5 Å². The van der Waals surface area contributed by atoms with Gasteiger partial charge in [0.1, 0.15) is 5.82 Å². The molecular formula is C21H21N4OS. The number of aromatic nitrogens is 2. The summed E-state index contributed by atoms with van der Waals surface area (Å²) in [7, 11) is 0. The second-order valence-electron chi connectivity index (χ2n) is 6.01. The van der Waals surface area contributed by atoms with E-state index in [1.165, 1.54) is 11.8 Å². The van der Waals surface area contributed by atoms with Crippen molar-refractivity contribution in [3.8, 4) is 0 Å². The first-order chi connectivity index (χ1) is 13.2. The Morgan fingerprint density at radius 2 is 2.00 bits per heavy atom. The van der Waals surface area contributed by atoms with E-state index in [2.05, 4.69) is 21.4 Å². The first kappa shape index (κ1) is 18.9. The number of hydrogen-bond donors (Lipinski definition) is 1. The summed E-state index contributed by atoms with van der Waals surface area (Å²) in [6.07, 6.45) is 3.72. The summed E-state index contributed by atoms with van der Waals surface area (Å²) in [5.74, 6) is 0.708. The highest BCUT2D eigenvalue weighted by molar-refractivity contribution is 7.98. The van der Waals surface area contributed by atoms with E-state index < -0.39 is 0 Å². The van der Waals surface area contributed by atoms with Crippen LogP contribution >= 0.6 is 11.8 Å². The molecule has 0 spiro atoms. The Bertz CT molecular complexity index is 887. The Morgan fingerprint density at radius 1 is 1.19 bits per heavy atom. The van der Waals surface area contributed by atoms with Crippen molar-refractivity contribution in [3.63, 3.8) is 0 Å². The van der Waals surface area contributed by atoms with E-state index in [9.17, 15) is 4.79 Å². The third-order valence-corrected chi connectivity index (χ3v) is 4.58. The molecule has 0 bridgehead atoms. The number of nitrogens with one attached hydrogen (secondary N) is 1. The highest BCUT2D eigenvalue weighted by Gasteiger charge is 2.15. The Kier molecular flexibility index (Phi) is 6.44. The fourth-order valence-electron chi connectivity index (χ4n) is 2.61. The van der Waals surface area contributed by atoms with Gasteiger partial charge in [-0.15, -0.1) is 0 Å². The Morgan fingerprint density at radius 3 is 2.67 bits per heavy atom. The molecule has 0 saturated carbocycles. The maximum absolute atomic E-state index is 12.2. The topological polar surface area (TPSA) is 58.1 Å². The third kappa shape index (κ3) is 5.31. The van der Waals surface area contributed by atoms with Gasteiger partial charge in [0.25, 0.3) is 0 Å². The molecule has 1 radical (unpaired) electrons. The number of nitrogens with zero attached hydrogens (tertiary/aromatic N) is 3. The van der Waals surface area contributed by atoms with Crippen molar-refractivity contribution in [1.82, 2.24) is 14.9 Å². The van der Waals surface area contributed by atoms with Crippen molar-refractivity contribution in [2.24, 2.45) is 0 Å². The van der Waals surface area contributed by atoms with Crippen LogP contribution in [0.2, 0.25) is 0 Å². The molecule has 2 aromatic carbocycles. The zero-order valence-electron chi connectivity index (χ0n) is 15.3. The molecule has 0 fully saturated rings. The predicted molar refractivity (Wildman–Crippen MR) is 109 cm³/mol. The molecule has 1 heterocycles. The Balaban J connectivity index is 1.86. The molecule has 3 aromatic rings. The molecule has 0 unspecified atom stereocenters. The number of carbonyl (C=O) groups is 1. The highest BCUT2D eigenvalue weighted by Crippen LogP contribution is 2.23. The summed E-state index contributed by atoms with van der Waals surface area (Å²) in [6.45, 7) is 2.55. The summed E-state index contributed by atoms with van der Waals surface area (Å²) in [4.78, 5) is 23.0. The quantitative estimate of drug-likeness (QED) is 0.492. The van der Waals surface area contributed by atoms with Crippen LogP contribution in [-0.2, 0) is 17.9 Å². The monoisotopic (exact) mass is 377 g/mol. The predicted octanol–water partition coefficient (Wildman–Crippen LogP) is 4.29. The number of benzene rings is 2. The first-order valence-corrected chi connectivity index (χ1v) is 9.80. The van der Waals surface area contributed by atoms with Gasteiger partial charge in [-0.25, -0.2) is 9.97 Å². The number of amides is 1. The van der Waals surface area contributed by atoms with Gasteiger partial charge in [-0.2, -0.15) is 0 Å². The van der Waals surface area contributed by atoms with Crippen LogP contribution in [0.25, 0.3) is 0 Å². The maximum atomic E-state index is 12.2. The Labute approximate surface area is 163 Å². The molecule has 1 aromatic heterocycles. The molecule has 3 rings (SSSR count). The standard InChI is InChI=1S/C21H21N4OS/c1-16(26)25(14-17-9-5-3-6-10-17)15-18-13-22-21(27-2)24-20(18)23-19-11-7-4-8-12-19/h3-7,9-13H,14-15H2,1-2H3,(H,22,23,24). The summed E-state index contributed by atoms with van der Waals surface area (Å²) < 4.78 is 0. The molecule has 0 aliphatic rings. The van der Waals surface area contributed by atoms with Gasteiger partial charge in [0.05, 0.1) is 6.54 Å². The molecule has 0 atom stereocenters. The fourth-order valence-corrected chi connectivity index (χ4v) is 2.95. The van der Waals surface area contributed by atoms with Gasteiger partial charge in [0.2, 0.25) is 5.91 Å². The fraction of sp³-hybridized carbons (Fsp3) is 0.190. The van der Waals surface area contributed by atoms with Crippen molar-refractivity contribution in [2.75, 3.05) is 11.6 Å². The number of thioether (sulfide) groups is 1. The molecule has 5 nitrogen and oxygen atoms in total. The summed E-state index contributed by atoms with van der Waals surface area (Å²) in [6, 6.07) is 20.6. The third-order valence-electron chi connectivity index (χ3n) is 4.02. The van der Waals surface area contributed by atoms with E-state index in [0.29, 0.717) is 24.1 Å². The van der Waals surface area contributed by atoms with Crippen LogP contribution in [0.15, 0.2) is 66.0 Å². The minimum atomic E-state index is 0.00629. The Hall–Kier alpha value is -2.86. The van der Waals surface area contributed by atoms with Crippen molar-refractivity contribution in [1.29, 1.82) is 0 Å². The summed E-state index contributed by atoms with van der Waals surface area (Å²) >= 11 is 1.48. The molecule has 0 aliphatic carbocycles. The maximum Gasteiger partial charge on any atom is 0.220 e. The molecule has 0 aliphatic heterocycles. The number of anilines is 2. The van der Waals surface area contributed by atoms with Gasteiger partial charge in [0.15, 0.2) is 5.16 Å². The smallest absolute Gasteiger partial charge is 0.220 e. The lowest BCUT2D eigenvalue weighted by Gasteiger charge is -2.22. The van der Waals surface area contributed by atoms with Gasteiger partial charge < -0.3 is 10.2 Å². The molecule has 1 N–H and O–H groups in total. The van der Waals surface area contributed by atoms with Gasteiger partial charge in [0, 0.05) is 30.9 Å². The van der Waals surface area contributed by atoms with Crippen LogP contribution in [0.5, 0.6) is 0 Å². The van der Waals surface area contributed by atoms with Crippen molar-refractivity contribution in [3.05, 3.63) is 78.0 Å². The molecule has 6 heteroatoms. The summed E-state index contributed by atoms with van der Waals surface area (Å²) in [5.41, 5.74) is 2.84. The van der Waals surface area contributed by atoms with Crippen LogP contribution in [0, 0.1) is 6.07 Å².